The van der Waals surface area contributed by atoms with Gasteiger partial charge in [-0.1, -0.05) is 36.4 Å². The van der Waals surface area contributed by atoms with Crippen LogP contribution in [0.4, 0.5) is 0 Å². The number of hydrogen-bond acceptors (Lipinski definition) is 6. The van der Waals surface area contributed by atoms with Crippen LogP contribution in [0.15, 0.2) is 60.7 Å². The summed E-state index contributed by atoms with van der Waals surface area (Å²) in [7, 11) is 0. The van der Waals surface area contributed by atoms with Gasteiger partial charge in [-0.15, -0.1) is 11.3 Å². The molecule has 4 rings (SSSR count). The van der Waals surface area contributed by atoms with Crippen molar-refractivity contribution in [2.45, 2.75) is 32.7 Å². The van der Waals surface area contributed by atoms with Crippen LogP contribution in [0, 0.1) is 6.92 Å². The van der Waals surface area contributed by atoms with Crippen molar-refractivity contribution in [3.63, 3.8) is 0 Å². The number of rotatable bonds is 10. The molecular weight excluding hydrogens is 398 g/mol. The van der Waals surface area contributed by atoms with Crippen LogP contribution >= 0.6 is 11.3 Å². The van der Waals surface area contributed by atoms with Gasteiger partial charge in [-0.05, 0) is 42.3 Å². The van der Waals surface area contributed by atoms with Crippen LogP contribution in [-0.2, 0) is 24.4 Å². The monoisotopic (exact) mass is 425 g/mol. The highest BCUT2D eigenvalue weighted by Crippen LogP contribution is 2.33. The van der Waals surface area contributed by atoms with Crippen LogP contribution in [0.2, 0.25) is 0 Å². The maximum Gasteiger partial charge on any atom is 0.231 e. The molecule has 30 heavy (non-hydrogen) atoms. The molecule has 2 aromatic carbocycles. The molecule has 0 saturated heterocycles. The third kappa shape index (κ3) is 5.83. The SMILES string of the molecule is Cc1ccc(CN(Cc2ccc3c(c2)OCO3)C[C@@H](O)COCc2ccccc2)s1. The van der Waals surface area contributed by atoms with Gasteiger partial charge >= 0.3 is 0 Å². The number of nitrogens with zero attached hydrogens (tertiary/aromatic N) is 1. The molecule has 0 spiro atoms. The Balaban J connectivity index is 1.36. The Labute approximate surface area is 181 Å². The quantitative estimate of drug-likeness (QED) is 0.523. The molecule has 0 bridgehead atoms. The Morgan fingerprint density at radius 2 is 1.83 bits per heavy atom. The maximum absolute atomic E-state index is 10.6. The zero-order chi connectivity index (χ0) is 20.8. The first-order chi connectivity index (χ1) is 14.7. The maximum atomic E-state index is 10.6. The molecule has 0 aliphatic carbocycles. The van der Waals surface area contributed by atoms with Crippen LogP contribution in [-0.4, -0.2) is 36.1 Å². The minimum absolute atomic E-state index is 0.272. The first-order valence-corrected chi connectivity index (χ1v) is 10.9. The summed E-state index contributed by atoms with van der Waals surface area (Å²) in [6, 6.07) is 20.3. The number of aryl methyl sites for hydroxylation is 1. The molecule has 2 heterocycles. The molecule has 0 saturated carbocycles. The van der Waals surface area contributed by atoms with Crippen molar-refractivity contribution in [2.75, 3.05) is 19.9 Å². The largest absolute Gasteiger partial charge is 0.454 e. The average Bonchev–Trinajstić information content (AvgIpc) is 3.37. The molecule has 1 N–H and O–H groups in total. The van der Waals surface area contributed by atoms with Crippen LogP contribution in [0.3, 0.4) is 0 Å². The van der Waals surface area contributed by atoms with E-state index in [0.717, 1.165) is 29.2 Å². The number of hydrogen-bond donors (Lipinski definition) is 1. The summed E-state index contributed by atoms with van der Waals surface area (Å²) in [5.74, 6) is 1.57. The lowest BCUT2D eigenvalue weighted by molar-refractivity contribution is 0.00728. The van der Waals surface area contributed by atoms with E-state index in [1.165, 1.54) is 9.75 Å². The highest BCUT2D eigenvalue weighted by molar-refractivity contribution is 7.11. The van der Waals surface area contributed by atoms with Crippen LogP contribution < -0.4 is 9.47 Å². The van der Waals surface area contributed by atoms with Gasteiger partial charge in [0.2, 0.25) is 6.79 Å². The van der Waals surface area contributed by atoms with Gasteiger partial charge in [0.05, 0.1) is 19.3 Å². The summed E-state index contributed by atoms with van der Waals surface area (Å²) in [6.07, 6.45) is -0.566. The number of aliphatic hydroxyl groups is 1. The number of ether oxygens (including phenoxy) is 3. The van der Waals surface area contributed by atoms with E-state index in [1.807, 2.05) is 42.5 Å². The highest BCUT2D eigenvalue weighted by atomic mass is 32.1. The molecule has 1 aliphatic heterocycles. The molecule has 0 unspecified atom stereocenters. The van der Waals surface area contributed by atoms with Gasteiger partial charge in [-0.2, -0.15) is 0 Å². The second-order valence-electron chi connectivity index (χ2n) is 7.52. The summed E-state index contributed by atoms with van der Waals surface area (Å²) >= 11 is 1.79. The van der Waals surface area contributed by atoms with E-state index in [9.17, 15) is 5.11 Å². The Morgan fingerprint density at radius 3 is 2.63 bits per heavy atom. The number of thiophene rings is 1. The van der Waals surface area contributed by atoms with Crippen molar-refractivity contribution in [1.29, 1.82) is 0 Å². The van der Waals surface area contributed by atoms with E-state index in [2.05, 4.69) is 30.0 Å². The molecule has 5 nitrogen and oxygen atoms in total. The van der Waals surface area contributed by atoms with Crippen molar-refractivity contribution in [3.05, 3.63) is 81.5 Å². The van der Waals surface area contributed by atoms with Gasteiger partial charge in [-0.3, -0.25) is 4.90 Å². The van der Waals surface area contributed by atoms with E-state index < -0.39 is 6.10 Å². The number of benzene rings is 2. The lowest BCUT2D eigenvalue weighted by Gasteiger charge is -2.25. The lowest BCUT2D eigenvalue weighted by atomic mass is 10.1. The summed E-state index contributed by atoms with van der Waals surface area (Å²) < 4.78 is 16.7. The summed E-state index contributed by atoms with van der Waals surface area (Å²) in [6.45, 7) is 5.21. The summed E-state index contributed by atoms with van der Waals surface area (Å²) in [4.78, 5) is 4.82. The Morgan fingerprint density at radius 1 is 1.00 bits per heavy atom. The fourth-order valence-electron chi connectivity index (χ4n) is 3.51. The Kier molecular flexibility index (Phi) is 7.02. The smallest absolute Gasteiger partial charge is 0.231 e. The second-order valence-corrected chi connectivity index (χ2v) is 8.90. The van der Waals surface area contributed by atoms with E-state index in [4.69, 9.17) is 14.2 Å². The summed E-state index contributed by atoms with van der Waals surface area (Å²) in [5, 5.41) is 10.6. The van der Waals surface area contributed by atoms with Crippen molar-refractivity contribution >= 4 is 11.3 Å². The van der Waals surface area contributed by atoms with E-state index >= 15 is 0 Å². The van der Waals surface area contributed by atoms with Gasteiger partial charge in [-0.25, -0.2) is 0 Å². The van der Waals surface area contributed by atoms with E-state index in [1.54, 1.807) is 11.3 Å². The standard InChI is InChI=1S/C24H27NO4S/c1-18-7-9-22(30-18)14-25(12-20-8-10-23-24(11-20)29-17-28-23)13-21(26)16-27-15-19-5-3-2-4-6-19/h2-11,21,26H,12-17H2,1H3/t21-/m1/s1. The van der Waals surface area contributed by atoms with Crippen LogP contribution in [0.25, 0.3) is 0 Å². The average molecular weight is 426 g/mol. The minimum Gasteiger partial charge on any atom is -0.454 e. The zero-order valence-corrected chi connectivity index (χ0v) is 17.9. The molecule has 158 valence electrons. The van der Waals surface area contributed by atoms with E-state index in [-0.39, 0.29) is 6.79 Å². The first-order valence-electron chi connectivity index (χ1n) is 10.1. The molecule has 1 aromatic heterocycles. The third-order valence-electron chi connectivity index (χ3n) is 4.91. The lowest BCUT2D eigenvalue weighted by Crippen LogP contribution is -2.34. The van der Waals surface area contributed by atoms with Crippen molar-refractivity contribution in [2.24, 2.45) is 0 Å². The molecule has 0 radical (unpaired) electrons. The first kappa shape index (κ1) is 20.9. The molecule has 3 aromatic rings. The van der Waals surface area contributed by atoms with Crippen molar-refractivity contribution in [1.82, 2.24) is 4.90 Å². The van der Waals surface area contributed by atoms with Gasteiger partial charge in [0, 0.05) is 29.4 Å². The molecule has 1 atom stereocenters. The molecule has 6 heteroatoms. The zero-order valence-electron chi connectivity index (χ0n) is 17.1. The Hall–Kier alpha value is -2.38. The van der Waals surface area contributed by atoms with E-state index in [0.29, 0.717) is 26.3 Å². The topological polar surface area (TPSA) is 51.2 Å². The number of fused-ring (bicyclic) bond motifs is 1. The van der Waals surface area contributed by atoms with Gasteiger partial charge < -0.3 is 19.3 Å². The normalized spacial score (nSPS) is 13.7. The highest BCUT2D eigenvalue weighted by Gasteiger charge is 2.17. The molecule has 1 aliphatic rings. The summed E-state index contributed by atoms with van der Waals surface area (Å²) in [5.41, 5.74) is 2.24. The molecule has 0 fully saturated rings. The second kappa shape index (κ2) is 10.1. The van der Waals surface area contributed by atoms with Crippen LogP contribution in [0.5, 0.6) is 11.5 Å². The van der Waals surface area contributed by atoms with Crippen LogP contribution in [0.1, 0.15) is 20.9 Å². The molecular formula is C24H27NO4S. The predicted octanol–water partition coefficient (Wildman–Crippen LogP) is 4.37. The van der Waals surface area contributed by atoms with Gasteiger partial charge in [0.15, 0.2) is 11.5 Å². The van der Waals surface area contributed by atoms with Crippen molar-refractivity contribution in [3.8, 4) is 11.5 Å². The number of aliphatic hydroxyl groups excluding tert-OH is 1. The van der Waals surface area contributed by atoms with Gasteiger partial charge in [0.25, 0.3) is 0 Å². The third-order valence-corrected chi connectivity index (χ3v) is 5.89. The molecule has 0 amide bonds. The van der Waals surface area contributed by atoms with Crippen molar-refractivity contribution < 1.29 is 19.3 Å². The predicted molar refractivity (Wildman–Crippen MR) is 118 cm³/mol. The Bertz CT molecular complexity index is 943. The van der Waals surface area contributed by atoms with Gasteiger partial charge in [0.1, 0.15) is 0 Å². The minimum atomic E-state index is -0.566. The fourth-order valence-corrected chi connectivity index (χ4v) is 4.44. The fraction of sp³-hybridized carbons (Fsp3) is 0.333.